The first kappa shape index (κ1) is 17.4. The Labute approximate surface area is 132 Å². The van der Waals surface area contributed by atoms with Crippen LogP contribution in [0.15, 0.2) is 12.1 Å². The van der Waals surface area contributed by atoms with Crippen LogP contribution in [-0.4, -0.2) is 0 Å². The predicted molar refractivity (Wildman–Crippen MR) is 84.2 cm³/mol. The summed E-state index contributed by atoms with van der Waals surface area (Å²) < 4.78 is 39.3. The number of hydrogen-bond donors (Lipinski definition) is 0. The lowest BCUT2D eigenvalue weighted by Gasteiger charge is -2.28. The molecule has 1 aromatic carbocycles. The van der Waals surface area contributed by atoms with Crippen LogP contribution < -0.4 is 0 Å². The molecule has 1 aliphatic carbocycles. The van der Waals surface area contributed by atoms with Crippen molar-refractivity contribution in [2.24, 2.45) is 11.8 Å². The molecule has 0 spiro atoms. The predicted octanol–water partition coefficient (Wildman–Crippen LogP) is 6.42. The molecule has 1 aliphatic rings. The number of unbranched alkanes of at least 4 members (excludes halogenated alkanes) is 2. The second-order valence-corrected chi connectivity index (χ2v) is 6.79. The van der Waals surface area contributed by atoms with Crippen LogP contribution in [0.1, 0.15) is 70.3 Å². The van der Waals surface area contributed by atoms with Gasteiger partial charge in [0.1, 0.15) is 0 Å². The summed E-state index contributed by atoms with van der Waals surface area (Å²) in [5, 5.41) is 0. The molecule has 0 nitrogen and oxygen atoms in total. The van der Waals surface area contributed by atoms with Crippen molar-refractivity contribution in [3.05, 3.63) is 35.1 Å². The summed E-state index contributed by atoms with van der Waals surface area (Å²) in [6, 6.07) is 2.27. The molecule has 0 amide bonds. The molecule has 1 fully saturated rings. The molecule has 0 aliphatic heterocycles. The third-order valence-corrected chi connectivity index (χ3v) is 5.07. The van der Waals surface area contributed by atoms with Gasteiger partial charge in [0.05, 0.1) is 0 Å². The van der Waals surface area contributed by atoms with Gasteiger partial charge in [-0.15, -0.1) is 0 Å². The van der Waals surface area contributed by atoms with Crippen LogP contribution in [0.4, 0.5) is 13.2 Å². The second kappa shape index (κ2) is 8.59. The minimum absolute atomic E-state index is 0.571. The van der Waals surface area contributed by atoms with Crippen molar-refractivity contribution in [1.29, 1.82) is 0 Å². The minimum Gasteiger partial charge on any atom is -0.204 e. The van der Waals surface area contributed by atoms with E-state index in [0.717, 1.165) is 24.5 Å². The maximum Gasteiger partial charge on any atom is 0.194 e. The molecule has 0 heterocycles. The van der Waals surface area contributed by atoms with Crippen molar-refractivity contribution in [3.8, 4) is 0 Å². The third kappa shape index (κ3) is 5.03. The third-order valence-electron chi connectivity index (χ3n) is 5.07. The molecule has 0 radical (unpaired) electrons. The van der Waals surface area contributed by atoms with Crippen LogP contribution in [0.3, 0.4) is 0 Å². The molecule has 0 unspecified atom stereocenters. The highest BCUT2D eigenvalue weighted by Crippen LogP contribution is 2.34. The lowest BCUT2D eigenvalue weighted by atomic mass is 9.78. The van der Waals surface area contributed by atoms with Gasteiger partial charge >= 0.3 is 0 Å². The molecule has 0 aromatic heterocycles. The average Bonchev–Trinajstić information content (AvgIpc) is 2.52. The van der Waals surface area contributed by atoms with Gasteiger partial charge in [-0.25, -0.2) is 13.2 Å². The van der Waals surface area contributed by atoms with Crippen molar-refractivity contribution < 1.29 is 13.2 Å². The molecule has 0 N–H and O–H groups in total. The number of aryl methyl sites for hydroxylation is 1. The molecule has 0 atom stereocenters. The van der Waals surface area contributed by atoms with Gasteiger partial charge in [-0.2, -0.15) is 0 Å². The van der Waals surface area contributed by atoms with E-state index in [9.17, 15) is 13.2 Å². The first-order valence-electron chi connectivity index (χ1n) is 8.73. The highest BCUT2D eigenvalue weighted by atomic mass is 19.2. The Morgan fingerprint density at radius 1 is 0.864 bits per heavy atom. The molecule has 1 aromatic rings. The van der Waals surface area contributed by atoms with Gasteiger partial charge in [-0.3, -0.25) is 0 Å². The number of hydrogen-bond acceptors (Lipinski definition) is 0. The number of rotatable bonds is 7. The van der Waals surface area contributed by atoms with Crippen LogP contribution in [-0.2, 0) is 6.42 Å². The Hall–Kier alpha value is -0.990. The Morgan fingerprint density at radius 2 is 1.41 bits per heavy atom. The lowest BCUT2D eigenvalue weighted by Crippen LogP contribution is -2.15. The largest absolute Gasteiger partial charge is 0.204 e. The van der Waals surface area contributed by atoms with E-state index in [1.807, 2.05) is 0 Å². The van der Waals surface area contributed by atoms with E-state index in [2.05, 4.69) is 6.92 Å². The zero-order valence-electron chi connectivity index (χ0n) is 13.5. The van der Waals surface area contributed by atoms with Crippen molar-refractivity contribution in [3.63, 3.8) is 0 Å². The van der Waals surface area contributed by atoms with E-state index < -0.39 is 17.5 Å². The Morgan fingerprint density at radius 3 is 1.95 bits per heavy atom. The molecule has 22 heavy (non-hydrogen) atoms. The average molecular weight is 312 g/mol. The summed E-state index contributed by atoms with van der Waals surface area (Å²) >= 11 is 0. The molecule has 3 heteroatoms. The quantitative estimate of drug-likeness (QED) is 0.402. The standard InChI is InChI=1S/C19H27F3/c1-2-3-4-5-14-6-8-15(9-7-14)10-11-16-12-17(20)19(22)18(21)13-16/h12-15H,2-11H2,1H3. The summed E-state index contributed by atoms with van der Waals surface area (Å²) in [6.45, 7) is 2.23. The van der Waals surface area contributed by atoms with Gasteiger partial charge in [-0.05, 0) is 42.4 Å². The van der Waals surface area contributed by atoms with Crippen LogP contribution in [0.2, 0.25) is 0 Å². The second-order valence-electron chi connectivity index (χ2n) is 6.79. The zero-order chi connectivity index (χ0) is 15.9. The summed E-state index contributed by atoms with van der Waals surface area (Å²) in [4.78, 5) is 0. The van der Waals surface area contributed by atoms with Crippen molar-refractivity contribution in [1.82, 2.24) is 0 Å². The molecule has 124 valence electrons. The van der Waals surface area contributed by atoms with E-state index in [4.69, 9.17) is 0 Å². The fourth-order valence-electron chi connectivity index (χ4n) is 3.61. The van der Waals surface area contributed by atoms with E-state index in [1.54, 1.807) is 0 Å². The topological polar surface area (TPSA) is 0 Å². The normalized spacial score (nSPS) is 22.0. The van der Waals surface area contributed by atoms with Gasteiger partial charge in [0, 0.05) is 0 Å². The van der Waals surface area contributed by atoms with E-state index in [0.29, 0.717) is 17.9 Å². The number of benzene rings is 1. The van der Waals surface area contributed by atoms with Gasteiger partial charge in [0.15, 0.2) is 17.5 Å². The minimum atomic E-state index is -1.36. The summed E-state index contributed by atoms with van der Waals surface area (Å²) in [7, 11) is 0. The first-order chi connectivity index (χ1) is 10.6. The van der Waals surface area contributed by atoms with Crippen molar-refractivity contribution in [2.45, 2.75) is 71.1 Å². The molecule has 2 rings (SSSR count). The maximum atomic E-state index is 13.2. The molecular weight excluding hydrogens is 285 g/mol. The maximum absolute atomic E-state index is 13.2. The monoisotopic (exact) mass is 312 g/mol. The van der Waals surface area contributed by atoms with Crippen molar-refractivity contribution >= 4 is 0 Å². The van der Waals surface area contributed by atoms with Crippen LogP contribution >= 0.6 is 0 Å². The Kier molecular flexibility index (Phi) is 6.78. The van der Waals surface area contributed by atoms with Crippen LogP contribution in [0.25, 0.3) is 0 Å². The molecule has 1 saturated carbocycles. The van der Waals surface area contributed by atoms with Gasteiger partial charge in [0.2, 0.25) is 0 Å². The van der Waals surface area contributed by atoms with Crippen LogP contribution in [0, 0.1) is 29.3 Å². The van der Waals surface area contributed by atoms with Crippen molar-refractivity contribution in [2.75, 3.05) is 0 Å². The Bertz CT molecular complexity index is 439. The summed E-state index contributed by atoms with van der Waals surface area (Å²) in [6.07, 6.45) is 11.9. The summed E-state index contributed by atoms with van der Waals surface area (Å²) in [5.41, 5.74) is 0.571. The molecule has 0 saturated heterocycles. The fraction of sp³-hybridized carbons (Fsp3) is 0.684. The van der Waals surface area contributed by atoms with Gasteiger partial charge in [0.25, 0.3) is 0 Å². The molecular formula is C19H27F3. The van der Waals surface area contributed by atoms with Crippen LogP contribution in [0.5, 0.6) is 0 Å². The highest BCUT2D eigenvalue weighted by molar-refractivity contribution is 5.19. The zero-order valence-corrected chi connectivity index (χ0v) is 13.5. The van der Waals surface area contributed by atoms with E-state index in [-0.39, 0.29) is 0 Å². The van der Waals surface area contributed by atoms with Gasteiger partial charge in [-0.1, -0.05) is 58.3 Å². The smallest absolute Gasteiger partial charge is 0.194 e. The van der Waals surface area contributed by atoms with Gasteiger partial charge < -0.3 is 0 Å². The Balaban J connectivity index is 1.73. The fourth-order valence-corrected chi connectivity index (χ4v) is 3.61. The summed E-state index contributed by atoms with van der Waals surface area (Å²) in [5.74, 6) is -1.98. The number of halogens is 3. The van der Waals surface area contributed by atoms with E-state index >= 15 is 0 Å². The highest BCUT2D eigenvalue weighted by Gasteiger charge is 2.21. The first-order valence-corrected chi connectivity index (χ1v) is 8.73. The van der Waals surface area contributed by atoms with E-state index in [1.165, 1.54) is 51.4 Å². The SMILES string of the molecule is CCCCCC1CCC(CCc2cc(F)c(F)c(F)c2)CC1. The lowest BCUT2D eigenvalue weighted by molar-refractivity contribution is 0.249. The molecule has 0 bridgehead atoms.